The van der Waals surface area contributed by atoms with E-state index in [0.29, 0.717) is 0 Å². The van der Waals surface area contributed by atoms with Crippen molar-refractivity contribution >= 4 is 23.7 Å². The molecule has 0 unspecified atom stereocenters. The molecule has 0 aliphatic carbocycles. The summed E-state index contributed by atoms with van der Waals surface area (Å²) < 4.78 is 5.99. The SMILES string of the molecule is CCCC[C@H](C)[C@H]1CC(=O)N[C@H](Cc2ccccc2)C(=O)N[C@H](C)C(=O)N(C)[C@H](Cc2ccc(O)cc2)C(=O)O1. The summed E-state index contributed by atoms with van der Waals surface area (Å²) in [5.41, 5.74) is 1.58. The Morgan fingerprint density at radius 1 is 0.975 bits per heavy atom. The van der Waals surface area contributed by atoms with Crippen molar-refractivity contribution in [3.05, 3.63) is 65.7 Å². The van der Waals surface area contributed by atoms with Gasteiger partial charge in [0.1, 0.15) is 30.0 Å². The van der Waals surface area contributed by atoms with Gasteiger partial charge in [-0.3, -0.25) is 14.4 Å². The smallest absolute Gasteiger partial charge is 0.329 e. The van der Waals surface area contributed by atoms with E-state index in [1.165, 1.54) is 24.1 Å². The van der Waals surface area contributed by atoms with Gasteiger partial charge in [0.15, 0.2) is 0 Å². The first kappa shape index (κ1) is 30.7. The van der Waals surface area contributed by atoms with Gasteiger partial charge < -0.3 is 25.4 Å². The van der Waals surface area contributed by atoms with E-state index in [9.17, 15) is 24.3 Å². The Labute approximate surface area is 236 Å². The van der Waals surface area contributed by atoms with E-state index in [0.717, 1.165) is 30.4 Å². The second kappa shape index (κ2) is 14.5. The van der Waals surface area contributed by atoms with Gasteiger partial charge in [0.25, 0.3) is 0 Å². The zero-order valence-corrected chi connectivity index (χ0v) is 23.8. The first-order chi connectivity index (χ1) is 19.1. The standard InChI is InChI=1S/C31H41N3O6/c1-5-6-10-20(2)27-19-28(36)33-25(17-22-11-8-7-9-12-22)29(37)32-21(3)30(38)34(4)26(31(39)40-27)18-23-13-15-24(35)16-14-23/h7-9,11-16,20-21,25-27,35H,5-6,10,17-19H2,1-4H3,(H,32,37)(H,33,36)/t20-,21+,25+,26+,27+/m0/s1. The first-order valence-corrected chi connectivity index (χ1v) is 14.0. The van der Waals surface area contributed by atoms with Crippen LogP contribution in [0.15, 0.2) is 54.6 Å². The largest absolute Gasteiger partial charge is 0.508 e. The van der Waals surface area contributed by atoms with E-state index in [1.807, 2.05) is 37.3 Å². The van der Waals surface area contributed by atoms with Crippen molar-refractivity contribution in [2.45, 2.75) is 83.5 Å². The van der Waals surface area contributed by atoms with Crippen molar-refractivity contribution in [3.63, 3.8) is 0 Å². The van der Waals surface area contributed by atoms with E-state index in [2.05, 4.69) is 17.6 Å². The molecular weight excluding hydrogens is 510 g/mol. The maximum atomic E-state index is 13.6. The highest BCUT2D eigenvalue weighted by atomic mass is 16.5. The minimum Gasteiger partial charge on any atom is -0.508 e. The zero-order valence-electron chi connectivity index (χ0n) is 23.8. The average molecular weight is 552 g/mol. The van der Waals surface area contributed by atoms with Crippen LogP contribution in [-0.2, 0) is 36.8 Å². The number of carbonyl (C=O) groups is 4. The monoisotopic (exact) mass is 551 g/mol. The van der Waals surface area contributed by atoms with E-state index >= 15 is 0 Å². The van der Waals surface area contributed by atoms with Crippen LogP contribution >= 0.6 is 0 Å². The number of carbonyl (C=O) groups excluding carboxylic acids is 4. The number of cyclic esters (lactones) is 1. The lowest BCUT2D eigenvalue weighted by atomic mass is 9.95. The molecule has 5 atom stereocenters. The number of nitrogens with zero attached hydrogens (tertiary/aromatic N) is 1. The van der Waals surface area contributed by atoms with Crippen molar-refractivity contribution in [1.82, 2.24) is 15.5 Å². The van der Waals surface area contributed by atoms with Crippen LogP contribution in [0.5, 0.6) is 5.75 Å². The normalized spacial score (nSPS) is 23.6. The van der Waals surface area contributed by atoms with Gasteiger partial charge in [0.05, 0.1) is 6.42 Å². The Hall–Kier alpha value is -3.88. The molecule has 2 aromatic carbocycles. The molecule has 0 bridgehead atoms. The predicted octanol–water partition coefficient (Wildman–Crippen LogP) is 3.14. The van der Waals surface area contributed by atoms with Gasteiger partial charge >= 0.3 is 5.97 Å². The number of ether oxygens (including phenoxy) is 1. The Morgan fingerprint density at radius 2 is 1.62 bits per heavy atom. The second-order valence-corrected chi connectivity index (χ2v) is 10.7. The molecule has 216 valence electrons. The minimum absolute atomic E-state index is 0.0860. The molecule has 40 heavy (non-hydrogen) atoms. The van der Waals surface area contributed by atoms with E-state index in [-0.39, 0.29) is 30.9 Å². The molecule has 3 rings (SSSR count). The van der Waals surface area contributed by atoms with Crippen LogP contribution in [0, 0.1) is 5.92 Å². The Bertz CT molecular complexity index is 1150. The molecule has 9 nitrogen and oxygen atoms in total. The molecule has 3 N–H and O–H groups in total. The van der Waals surface area contributed by atoms with E-state index in [4.69, 9.17) is 4.74 Å². The van der Waals surface area contributed by atoms with Gasteiger partial charge in [-0.25, -0.2) is 4.79 Å². The summed E-state index contributed by atoms with van der Waals surface area (Å²) in [4.78, 5) is 55.0. The second-order valence-electron chi connectivity index (χ2n) is 10.7. The lowest BCUT2D eigenvalue weighted by Gasteiger charge is -2.31. The summed E-state index contributed by atoms with van der Waals surface area (Å²) in [5.74, 6) is -2.00. The topological polar surface area (TPSA) is 125 Å². The molecule has 0 aromatic heterocycles. The third-order valence-corrected chi connectivity index (χ3v) is 7.42. The lowest BCUT2D eigenvalue weighted by Crippen LogP contribution is -2.55. The Morgan fingerprint density at radius 3 is 2.27 bits per heavy atom. The van der Waals surface area contributed by atoms with E-state index in [1.54, 1.807) is 19.1 Å². The van der Waals surface area contributed by atoms with Gasteiger partial charge in [-0.05, 0) is 42.5 Å². The van der Waals surface area contributed by atoms with Gasteiger partial charge in [-0.2, -0.15) is 0 Å². The summed E-state index contributed by atoms with van der Waals surface area (Å²) in [6.07, 6.45) is 2.16. The molecule has 0 radical (unpaired) electrons. The summed E-state index contributed by atoms with van der Waals surface area (Å²) in [5, 5.41) is 15.2. The number of aromatic hydroxyl groups is 1. The minimum atomic E-state index is -0.999. The quantitative estimate of drug-likeness (QED) is 0.433. The van der Waals surface area contributed by atoms with Crippen molar-refractivity contribution in [3.8, 4) is 5.75 Å². The van der Waals surface area contributed by atoms with Gasteiger partial charge in [-0.15, -0.1) is 0 Å². The van der Waals surface area contributed by atoms with Gasteiger partial charge in [-0.1, -0.05) is 69.2 Å². The average Bonchev–Trinajstić information content (AvgIpc) is 2.94. The highest BCUT2D eigenvalue weighted by Crippen LogP contribution is 2.22. The molecule has 9 heteroatoms. The van der Waals surface area contributed by atoms with Gasteiger partial charge in [0.2, 0.25) is 17.7 Å². The number of phenols is 1. The van der Waals surface area contributed by atoms with Crippen LogP contribution < -0.4 is 10.6 Å². The highest BCUT2D eigenvalue weighted by Gasteiger charge is 2.36. The molecule has 3 amide bonds. The lowest BCUT2D eigenvalue weighted by molar-refractivity contribution is -0.162. The molecule has 2 aromatic rings. The number of hydrogen-bond donors (Lipinski definition) is 3. The van der Waals surface area contributed by atoms with Gasteiger partial charge in [0, 0.05) is 19.9 Å². The summed E-state index contributed by atoms with van der Waals surface area (Å²) >= 11 is 0. The fraction of sp³-hybridized carbons (Fsp3) is 0.484. The fourth-order valence-corrected chi connectivity index (χ4v) is 4.86. The number of esters is 1. The van der Waals surface area contributed by atoms with Crippen LogP contribution in [0.2, 0.25) is 0 Å². The third-order valence-electron chi connectivity index (χ3n) is 7.42. The first-order valence-electron chi connectivity index (χ1n) is 14.0. The van der Waals surface area contributed by atoms with Crippen molar-refractivity contribution in [1.29, 1.82) is 0 Å². The third kappa shape index (κ3) is 8.56. The molecule has 1 fully saturated rings. The molecule has 1 aliphatic heterocycles. The molecule has 0 saturated carbocycles. The van der Waals surface area contributed by atoms with Crippen molar-refractivity contribution in [2.75, 3.05) is 7.05 Å². The number of phenolic OH excluding ortho intramolecular Hbond substituents is 1. The number of amides is 3. The summed E-state index contributed by atoms with van der Waals surface area (Å²) in [6, 6.07) is 12.8. The summed E-state index contributed by atoms with van der Waals surface area (Å²) in [7, 11) is 1.51. The predicted molar refractivity (Wildman–Crippen MR) is 151 cm³/mol. The van der Waals surface area contributed by atoms with E-state index < -0.39 is 47.9 Å². The number of rotatable bonds is 8. The number of nitrogens with one attached hydrogen (secondary N) is 2. The fourth-order valence-electron chi connectivity index (χ4n) is 4.86. The molecule has 1 saturated heterocycles. The zero-order chi connectivity index (χ0) is 29.2. The highest BCUT2D eigenvalue weighted by molar-refractivity contribution is 5.94. The number of hydrogen-bond acceptors (Lipinski definition) is 6. The van der Waals surface area contributed by atoms with Crippen LogP contribution in [0.4, 0.5) is 0 Å². The molecule has 1 aliphatic rings. The van der Waals surface area contributed by atoms with Crippen LogP contribution in [-0.4, -0.2) is 65.0 Å². The maximum absolute atomic E-state index is 13.6. The summed E-state index contributed by atoms with van der Waals surface area (Å²) in [6.45, 7) is 5.56. The van der Waals surface area contributed by atoms with Crippen molar-refractivity contribution < 1.29 is 29.0 Å². The maximum Gasteiger partial charge on any atom is 0.329 e. The number of likely N-dealkylation sites (N-methyl/N-ethyl adjacent to an activating group) is 1. The van der Waals surface area contributed by atoms with Crippen LogP contribution in [0.3, 0.4) is 0 Å². The molecule has 0 spiro atoms. The van der Waals surface area contributed by atoms with Crippen LogP contribution in [0.25, 0.3) is 0 Å². The number of unbranched alkanes of at least 4 members (excludes halogenated alkanes) is 1. The molecular formula is C31H41N3O6. The number of benzene rings is 2. The Kier molecular flexibility index (Phi) is 11.1. The molecule has 1 heterocycles. The Balaban J connectivity index is 1.96. The van der Waals surface area contributed by atoms with Crippen molar-refractivity contribution in [2.24, 2.45) is 5.92 Å². The van der Waals surface area contributed by atoms with Crippen LogP contribution in [0.1, 0.15) is 57.6 Å².